The van der Waals surface area contributed by atoms with Crippen LogP contribution in [-0.4, -0.2) is 142 Å². The molecule has 0 amide bonds. The Labute approximate surface area is 407 Å². The van der Waals surface area contributed by atoms with Crippen molar-refractivity contribution in [1.29, 1.82) is 0 Å². The molecule has 2 rings (SSSR count). The van der Waals surface area contributed by atoms with Gasteiger partial charge in [0.15, 0.2) is 18.7 Å². The first-order valence-corrected chi connectivity index (χ1v) is 25.9. The van der Waals surface area contributed by atoms with Crippen molar-refractivity contribution in [3.05, 3.63) is 60.8 Å². The van der Waals surface area contributed by atoms with Gasteiger partial charge in [-0.15, -0.1) is 0 Å². The predicted molar refractivity (Wildman–Crippen MR) is 261 cm³/mol. The van der Waals surface area contributed by atoms with Gasteiger partial charge in [0.1, 0.15) is 55.4 Å². The number of unbranched alkanes of at least 4 members (excludes halogenated alkanes) is 15. The highest BCUT2D eigenvalue weighted by Gasteiger charge is 2.47. The third-order valence-electron chi connectivity index (χ3n) is 12.0. The normalized spacial score (nSPS) is 26.2. The topological polar surface area (TPSA) is 231 Å². The molecule has 0 aromatic rings. The molecule has 0 aromatic heterocycles. The van der Waals surface area contributed by atoms with Crippen LogP contribution in [0.4, 0.5) is 0 Å². The van der Waals surface area contributed by atoms with Gasteiger partial charge in [0, 0.05) is 12.8 Å². The highest BCUT2D eigenvalue weighted by molar-refractivity contribution is 5.70. The van der Waals surface area contributed by atoms with Crippen LogP contribution in [0.3, 0.4) is 0 Å². The average molecular weight is 967 g/mol. The van der Waals surface area contributed by atoms with Crippen LogP contribution >= 0.6 is 0 Å². The molecule has 0 bridgehead atoms. The molecule has 15 heteroatoms. The number of esters is 2. The molecule has 0 saturated carbocycles. The Morgan fingerprint density at radius 3 is 1.47 bits per heavy atom. The zero-order valence-corrected chi connectivity index (χ0v) is 41.3. The van der Waals surface area contributed by atoms with Gasteiger partial charge in [-0.2, -0.15) is 0 Å². The van der Waals surface area contributed by atoms with Crippen LogP contribution in [0.25, 0.3) is 0 Å². The van der Waals surface area contributed by atoms with Gasteiger partial charge in [0.05, 0.1) is 19.8 Å². The monoisotopic (exact) mass is 967 g/mol. The van der Waals surface area contributed by atoms with Gasteiger partial charge in [-0.25, -0.2) is 0 Å². The summed E-state index contributed by atoms with van der Waals surface area (Å²) in [5.74, 6) is -0.949. The third-order valence-corrected chi connectivity index (χ3v) is 12.0. The van der Waals surface area contributed by atoms with Gasteiger partial charge in [0.2, 0.25) is 0 Å². The molecule has 0 aromatic carbocycles. The first kappa shape index (κ1) is 61.3. The fraction of sp³-hybridized carbons (Fsp3) is 0.774. The molecular formula is C53H90O15. The van der Waals surface area contributed by atoms with Crippen LogP contribution in [0, 0.1) is 0 Å². The fourth-order valence-corrected chi connectivity index (χ4v) is 7.72. The van der Waals surface area contributed by atoms with Crippen LogP contribution in [0.15, 0.2) is 60.8 Å². The highest BCUT2D eigenvalue weighted by atomic mass is 16.7. The molecule has 11 atom stereocenters. The molecule has 0 radical (unpaired) electrons. The molecule has 2 fully saturated rings. The Hall–Kier alpha value is -2.80. The lowest BCUT2D eigenvalue weighted by Crippen LogP contribution is -2.61. The lowest BCUT2D eigenvalue weighted by molar-refractivity contribution is -0.332. The van der Waals surface area contributed by atoms with E-state index in [-0.39, 0.29) is 26.1 Å². The van der Waals surface area contributed by atoms with E-state index in [4.69, 9.17) is 28.4 Å². The summed E-state index contributed by atoms with van der Waals surface area (Å²) >= 11 is 0. The Kier molecular flexibility index (Phi) is 36.0. The fourth-order valence-electron chi connectivity index (χ4n) is 7.72. The number of aliphatic hydroxyl groups is 7. The van der Waals surface area contributed by atoms with E-state index in [0.29, 0.717) is 12.8 Å². The lowest BCUT2D eigenvalue weighted by Gasteiger charge is -2.42. The first-order valence-electron chi connectivity index (χ1n) is 25.9. The van der Waals surface area contributed by atoms with Crippen molar-refractivity contribution in [2.75, 3.05) is 26.4 Å². The molecule has 2 aliphatic rings. The lowest BCUT2D eigenvalue weighted by atomic mass is 9.98. The molecular weight excluding hydrogens is 877 g/mol. The van der Waals surface area contributed by atoms with Crippen molar-refractivity contribution >= 4 is 11.9 Å². The minimum absolute atomic E-state index is 0.151. The Morgan fingerprint density at radius 2 is 0.926 bits per heavy atom. The molecule has 392 valence electrons. The van der Waals surface area contributed by atoms with Gasteiger partial charge < -0.3 is 64.2 Å². The number of allylic oxidation sites excluding steroid dienone is 10. The van der Waals surface area contributed by atoms with Crippen molar-refractivity contribution in [2.24, 2.45) is 0 Å². The van der Waals surface area contributed by atoms with E-state index in [9.17, 15) is 45.3 Å². The maximum absolute atomic E-state index is 13.0. The molecule has 11 unspecified atom stereocenters. The summed E-state index contributed by atoms with van der Waals surface area (Å²) in [5.41, 5.74) is 0. The molecule has 7 N–H and O–H groups in total. The quantitative estimate of drug-likeness (QED) is 0.0183. The number of hydrogen-bond donors (Lipinski definition) is 7. The second kappa shape index (κ2) is 39.9. The van der Waals surface area contributed by atoms with E-state index in [1.807, 2.05) is 0 Å². The van der Waals surface area contributed by atoms with Gasteiger partial charge in [-0.3, -0.25) is 9.59 Å². The van der Waals surface area contributed by atoms with Crippen LogP contribution < -0.4 is 0 Å². The number of rotatable bonds is 39. The SMILES string of the molecule is CC/C=C\C/C=C\C/C=C\C/C=C\CCCCCCCCCCC(=O)OC(COC(=O)CCCCCCC/C=C\CCCC)COC1OC(COC2OC(CO)C(O)C(O)C2O)C(O)C(O)C1O. The number of carbonyl (C=O) groups is 2. The number of ether oxygens (including phenoxy) is 6. The van der Waals surface area contributed by atoms with Gasteiger partial charge in [-0.05, 0) is 70.6 Å². The predicted octanol–water partition coefficient (Wildman–Crippen LogP) is 7.27. The Morgan fingerprint density at radius 1 is 0.485 bits per heavy atom. The molecule has 15 nitrogen and oxygen atoms in total. The van der Waals surface area contributed by atoms with Crippen LogP contribution in [0.1, 0.15) is 168 Å². The molecule has 2 heterocycles. The second-order valence-electron chi connectivity index (χ2n) is 18.0. The third kappa shape index (κ3) is 27.6. The Bertz CT molecular complexity index is 1420. The van der Waals surface area contributed by atoms with Crippen LogP contribution in [0.2, 0.25) is 0 Å². The zero-order valence-electron chi connectivity index (χ0n) is 41.3. The van der Waals surface area contributed by atoms with Crippen molar-refractivity contribution in [3.8, 4) is 0 Å². The summed E-state index contributed by atoms with van der Waals surface area (Å²) in [5, 5.41) is 72.1. The minimum Gasteiger partial charge on any atom is -0.462 e. The summed E-state index contributed by atoms with van der Waals surface area (Å²) in [6.07, 6.45) is 28.2. The standard InChI is InChI=1S/C53H90O15/c1-3-5-7-9-11-13-15-16-17-18-19-20-21-22-23-24-26-28-30-32-34-36-45(56)66-41(38-63-44(55)35-33-31-29-27-25-14-12-10-8-6-4-2)39-64-52-51(62)49(60)47(58)43(68-52)40-65-53-50(61)48(59)46(57)42(37-54)67-53/h5,7,10-13,16-17,19-20,41-43,46-54,57-62H,3-4,6,8-9,14-15,18,21-40H2,1-2H3/b7-5-,12-10-,13-11-,17-16-,20-19-. The number of aliphatic hydroxyl groups excluding tert-OH is 7. The molecule has 0 aliphatic carbocycles. The maximum Gasteiger partial charge on any atom is 0.306 e. The van der Waals surface area contributed by atoms with Crippen molar-refractivity contribution < 1.29 is 73.8 Å². The summed E-state index contributed by atoms with van der Waals surface area (Å²) in [6.45, 7) is 2.41. The van der Waals surface area contributed by atoms with Crippen molar-refractivity contribution in [3.63, 3.8) is 0 Å². The summed E-state index contributed by atoms with van der Waals surface area (Å²) in [6, 6.07) is 0. The highest BCUT2D eigenvalue weighted by Crippen LogP contribution is 2.26. The molecule has 68 heavy (non-hydrogen) atoms. The summed E-state index contributed by atoms with van der Waals surface area (Å²) in [7, 11) is 0. The van der Waals surface area contributed by atoms with Gasteiger partial charge in [0.25, 0.3) is 0 Å². The van der Waals surface area contributed by atoms with Gasteiger partial charge >= 0.3 is 11.9 Å². The van der Waals surface area contributed by atoms with Crippen LogP contribution in [-0.2, 0) is 38.0 Å². The second-order valence-corrected chi connectivity index (χ2v) is 18.0. The van der Waals surface area contributed by atoms with Crippen molar-refractivity contribution in [1.82, 2.24) is 0 Å². The van der Waals surface area contributed by atoms with E-state index < -0.39 is 92.7 Å². The smallest absolute Gasteiger partial charge is 0.306 e. The molecule has 2 aliphatic heterocycles. The van der Waals surface area contributed by atoms with E-state index >= 15 is 0 Å². The number of carbonyl (C=O) groups excluding carboxylic acids is 2. The first-order chi connectivity index (χ1) is 33.0. The number of hydrogen-bond acceptors (Lipinski definition) is 15. The van der Waals surface area contributed by atoms with E-state index in [0.717, 1.165) is 96.3 Å². The Balaban J connectivity index is 1.79. The zero-order chi connectivity index (χ0) is 49.6. The summed E-state index contributed by atoms with van der Waals surface area (Å²) in [4.78, 5) is 25.7. The average Bonchev–Trinajstić information content (AvgIpc) is 3.33. The largest absolute Gasteiger partial charge is 0.462 e. The van der Waals surface area contributed by atoms with E-state index in [1.54, 1.807) is 0 Å². The van der Waals surface area contributed by atoms with Crippen molar-refractivity contribution in [2.45, 2.75) is 235 Å². The molecule has 2 saturated heterocycles. The summed E-state index contributed by atoms with van der Waals surface area (Å²) < 4.78 is 33.5. The minimum atomic E-state index is -1.77. The van der Waals surface area contributed by atoms with Crippen LogP contribution in [0.5, 0.6) is 0 Å². The van der Waals surface area contributed by atoms with E-state index in [1.165, 1.54) is 32.1 Å². The van der Waals surface area contributed by atoms with E-state index in [2.05, 4.69) is 74.6 Å². The maximum atomic E-state index is 13.0. The van der Waals surface area contributed by atoms with Gasteiger partial charge in [-0.1, -0.05) is 145 Å². The molecule has 0 spiro atoms.